The van der Waals surface area contributed by atoms with Crippen molar-refractivity contribution in [2.24, 2.45) is 24.6 Å². The molecule has 2 aliphatic heterocycles. The van der Waals surface area contributed by atoms with Crippen LogP contribution in [-0.2, 0) is 13.6 Å². The fraction of sp³-hybridized carbons (Fsp3) is 0.455. The third-order valence-electron chi connectivity index (χ3n) is 9.99. The Labute approximate surface area is 234 Å². The standard InChI is InChI=1S/C33H37N5O2/c1-36-31-27(13-23(15-29(31)40-2)33(39)37-18-22-11-12-24(37)16-26(22)34)35-32(36)28-14-21-7-4-8-25(20-5-3-6-20)30(21)38(28)17-19-9-10-19/h4-5,7-8,13-15,19,22,24,26H,3,6,9-12,16-18,34H2,1-2H3/t22-,24-,26+/m1/s1. The van der Waals surface area contributed by atoms with Crippen molar-refractivity contribution in [2.75, 3.05) is 13.7 Å². The summed E-state index contributed by atoms with van der Waals surface area (Å²) in [7, 11) is 3.74. The van der Waals surface area contributed by atoms with E-state index in [0.717, 1.165) is 67.2 Å². The lowest BCUT2D eigenvalue weighted by Crippen LogP contribution is -2.58. The van der Waals surface area contributed by atoms with Gasteiger partial charge in [-0.3, -0.25) is 4.79 Å². The molecule has 3 aliphatic carbocycles. The van der Waals surface area contributed by atoms with Gasteiger partial charge in [-0.15, -0.1) is 0 Å². The second-order valence-corrected chi connectivity index (χ2v) is 12.5. The van der Waals surface area contributed by atoms with E-state index < -0.39 is 0 Å². The van der Waals surface area contributed by atoms with Gasteiger partial charge in [0.05, 0.1) is 23.8 Å². The number of aromatic nitrogens is 3. The lowest BCUT2D eigenvalue weighted by molar-refractivity contribution is 0.0261. The zero-order valence-corrected chi connectivity index (χ0v) is 23.4. The summed E-state index contributed by atoms with van der Waals surface area (Å²) in [6, 6.07) is 13.3. The molecule has 4 heterocycles. The van der Waals surface area contributed by atoms with Crippen LogP contribution in [0.1, 0.15) is 60.9 Å². The molecule has 0 spiro atoms. The van der Waals surface area contributed by atoms with Gasteiger partial charge in [-0.2, -0.15) is 0 Å². The number of rotatable bonds is 6. The van der Waals surface area contributed by atoms with Gasteiger partial charge in [0, 0.05) is 48.7 Å². The van der Waals surface area contributed by atoms with Crippen molar-refractivity contribution in [1.29, 1.82) is 0 Å². The summed E-state index contributed by atoms with van der Waals surface area (Å²) in [6.45, 7) is 1.76. The van der Waals surface area contributed by atoms with Crippen molar-refractivity contribution in [3.05, 3.63) is 53.6 Å². The van der Waals surface area contributed by atoms with Crippen LogP contribution in [0.15, 0.2) is 42.5 Å². The second-order valence-electron chi connectivity index (χ2n) is 12.5. The van der Waals surface area contributed by atoms with Gasteiger partial charge in [0.25, 0.3) is 5.91 Å². The Kier molecular flexibility index (Phi) is 5.43. The van der Waals surface area contributed by atoms with E-state index in [1.807, 2.05) is 17.0 Å². The van der Waals surface area contributed by atoms with Crippen LogP contribution in [0.3, 0.4) is 0 Å². The average Bonchev–Trinajstić information content (AvgIpc) is 3.60. The molecule has 0 unspecified atom stereocenters. The second kappa shape index (κ2) is 8.96. The van der Waals surface area contributed by atoms with Crippen molar-refractivity contribution in [2.45, 2.75) is 63.6 Å². The van der Waals surface area contributed by atoms with E-state index in [2.05, 4.69) is 46.5 Å². The van der Waals surface area contributed by atoms with Crippen molar-refractivity contribution in [3.8, 4) is 17.3 Å². The van der Waals surface area contributed by atoms with E-state index in [-0.39, 0.29) is 18.0 Å². The molecular weight excluding hydrogens is 498 g/mol. The normalized spacial score (nSPS) is 24.0. The van der Waals surface area contributed by atoms with Gasteiger partial charge < -0.3 is 24.5 Å². The minimum Gasteiger partial charge on any atom is -0.494 e. The minimum absolute atomic E-state index is 0.0651. The summed E-state index contributed by atoms with van der Waals surface area (Å²) < 4.78 is 10.5. The number of nitrogens with zero attached hydrogens (tertiary/aromatic N) is 4. The van der Waals surface area contributed by atoms with Crippen molar-refractivity contribution in [3.63, 3.8) is 0 Å². The molecule has 7 nitrogen and oxygen atoms in total. The number of fused-ring (bicyclic) bond motifs is 5. The number of nitrogens with two attached hydrogens (primary N) is 1. The Morgan fingerprint density at radius 1 is 1.12 bits per heavy atom. The van der Waals surface area contributed by atoms with E-state index in [0.29, 0.717) is 17.2 Å². The number of ether oxygens (including phenoxy) is 1. The quantitative estimate of drug-likeness (QED) is 0.341. The number of allylic oxidation sites excluding steroid dienone is 2. The third-order valence-corrected chi connectivity index (χ3v) is 9.99. The number of imidazole rings is 1. The molecule has 2 aromatic carbocycles. The SMILES string of the molecule is COc1cc(C(=O)N2C[C@H]3CC[C@@H]2C[C@@H]3N)cc2nc(-c3cc4cccc(C5=CCC5)c4n3CC3CC3)n(C)c12. The molecule has 206 valence electrons. The molecule has 7 heteroatoms. The largest absolute Gasteiger partial charge is 0.494 e. The van der Waals surface area contributed by atoms with Crippen LogP contribution in [0.25, 0.3) is 39.0 Å². The number of aryl methyl sites for hydroxylation is 1. The highest BCUT2D eigenvalue weighted by molar-refractivity contribution is 6.01. The number of carbonyl (C=O) groups excluding carboxylic acids is 1. The number of amides is 1. The predicted molar refractivity (Wildman–Crippen MR) is 158 cm³/mol. The maximum atomic E-state index is 13.8. The number of para-hydroxylation sites is 1. The predicted octanol–water partition coefficient (Wildman–Crippen LogP) is 5.74. The zero-order valence-electron chi connectivity index (χ0n) is 23.4. The molecule has 2 aromatic heterocycles. The van der Waals surface area contributed by atoms with Crippen molar-refractivity contribution in [1.82, 2.24) is 19.0 Å². The minimum atomic E-state index is 0.0651. The third kappa shape index (κ3) is 3.66. The Morgan fingerprint density at radius 2 is 1.98 bits per heavy atom. The fourth-order valence-electron chi connectivity index (χ4n) is 7.44. The van der Waals surface area contributed by atoms with Crippen LogP contribution in [0.5, 0.6) is 5.75 Å². The van der Waals surface area contributed by atoms with Gasteiger partial charge in [-0.05, 0) is 80.6 Å². The number of methoxy groups -OCH3 is 1. The molecule has 4 fully saturated rings. The summed E-state index contributed by atoms with van der Waals surface area (Å²) in [5, 5.41) is 1.26. The summed E-state index contributed by atoms with van der Waals surface area (Å²) in [4.78, 5) is 21.0. The van der Waals surface area contributed by atoms with Gasteiger partial charge in [0.1, 0.15) is 11.3 Å². The van der Waals surface area contributed by atoms with Crippen molar-refractivity contribution >= 4 is 33.4 Å². The molecule has 1 amide bonds. The molecule has 3 atom stereocenters. The lowest BCUT2D eigenvalue weighted by atomic mass is 9.76. The summed E-state index contributed by atoms with van der Waals surface area (Å²) in [6.07, 6.45) is 10.3. The van der Waals surface area contributed by atoms with E-state index in [4.69, 9.17) is 15.5 Å². The zero-order chi connectivity index (χ0) is 27.1. The molecule has 4 aromatic rings. The highest BCUT2D eigenvalue weighted by Crippen LogP contribution is 2.42. The molecule has 9 rings (SSSR count). The highest BCUT2D eigenvalue weighted by Gasteiger charge is 2.41. The fourth-order valence-corrected chi connectivity index (χ4v) is 7.44. The topological polar surface area (TPSA) is 78.3 Å². The Morgan fingerprint density at radius 3 is 2.65 bits per heavy atom. The lowest BCUT2D eigenvalue weighted by Gasteiger charge is -2.48. The van der Waals surface area contributed by atoms with Crippen LogP contribution in [0, 0.1) is 11.8 Å². The molecule has 40 heavy (non-hydrogen) atoms. The summed E-state index contributed by atoms with van der Waals surface area (Å²) in [5.74, 6) is 2.78. The van der Waals surface area contributed by atoms with Gasteiger partial charge in [0.2, 0.25) is 0 Å². The number of hydrogen-bond acceptors (Lipinski definition) is 4. The van der Waals surface area contributed by atoms with Crippen LogP contribution in [-0.4, -0.2) is 50.7 Å². The molecule has 2 N–H and O–H groups in total. The van der Waals surface area contributed by atoms with E-state index >= 15 is 0 Å². The van der Waals surface area contributed by atoms with E-state index in [9.17, 15) is 4.79 Å². The highest BCUT2D eigenvalue weighted by atomic mass is 16.5. The molecule has 2 saturated heterocycles. The molecule has 2 saturated carbocycles. The van der Waals surface area contributed by atoms with E-state index in [1.165, 1.54) is 41.3 Å². The molecule has 0 radical (unpaired) electrons. The first-order valence-electron chi connectivity index (χ1n) is 14.9. The number of carbonyl (C=O) groups is 1. The maximum Gasteiger partial charge on any atom is 0.254 e. The van der Waals surface area contributed by atoms with E-state index in [1.54, 1.807) is 7.11 Å². The van der Waals surface area contributed by atoms with Crippen LogP contribution in [0.2, 0.25) is 0 Å². The van der Waals surface area contributed by atoms with Crippen LogP contribution >= 0.6 is 0 Å². The molecular formula is C33H37N5O2. The smallest absolute Gasteiger partial charge is 0.254 e. The van der Waals surface area contributed by atoms with Gasteiger partial charge in [-0.25, -0.2) is 4.98 Å². The monoisotopic (exact) mass is 535 g/mol. The molecule has 5 aliphatic rings. The first-order chi connectivity index (χ1) is 19.5. The number of hydrogen-bond donors (Lipinski definition) is 1. The van der Waals surface area contributed by atoms with Crippen molar-refractivity contribution < 1.29 is 9.53 Å². The van der Waals surface area contributed by atoms with Crippen LogP contribution < -0.4 is 10.5 Å². The van der Waals surface area contributed by atoms with Gasteiger partial charge in [0.15, 0.2) is 5.82 Å². The van der Waals surface area contributed by atoms with Crippen LogP contribution in [0.4, 0.5) is 0 Å². The molecule has 2 bridgehead atoms. The van der Waals surface area contributed by atoms with Gasteiger partial charge >= 0.3 is 0 Å². The Bertz CT molecular complexity index is 1710. The average molecular weight is 536 g/mol. The first kappa shape index (κ1) is 24.2. The summed E-state index contributed by atoms with van der Waals surface area (Å²) in [5.41, 5.74) is 14.0. The first-order valence-corrected chi connectivity index (χ1v) is 14.9. The maximum absolute atomic E-state index is 13.8. The Hall–Kier alpha value is -3.58. The number of benzene rings is 2. The summed E-state index contributed by atoms with van der Waals surface area (Å²) >= 11 is 0. The van der Waals surface area contributed by atoms with Gasteiger partial charge in [-0.1, -0.05) is 24.3 Å². The number of piperidine rings is 2. The Balaban J connectivity index is 1.25.